The third-order valence-electron chi connectivity index (χ3n) is 4.60. The second-order valence-corrected chi connectivity index (χ2v) is 6.74. The van der Waals surface area contributed by atoms with E-state index in [1.54, 1.807) is 13.8 Å². The zero-order chi connectivity index (χ0) is 14.8. The van der Waals surface area contributed by atoms with E-state index in [1.807, 2.05) is 4.90 Å². The van der Waals surface area contributed by atoms with Gasteiger partial charge in [-0.1, -0.05) is 6.42 Å². The first-order valence-electron chi connectivity index (χ1n) is 7.65. The molecule has 2 aliphatic heterocycles. The van der Waals surface area contributed by atoms with Crippen LogP contribution in [0.25, 0.3) is 0 Å². The Morgan fingerprint density at radius 3 is 2.40 bits per heavy atom. The first-order chi connectivity index (χ1) is 9.40. The largest absolute Gasteiger partial charge is 0.481 e. The number of carbonyl (C=O) groups is 2. The summed E-state index contributed by atoms with van der Waals surface area (Å²) < 4.78 is 0. The molecule has 2 rings (SSSR count). The Kier molecular flexibility index (Phi) is 4.68. The lowest BCUT2D eigenvalue weighted by Crippen LogP contribution is -2.42. The smallest absolute Gasteiger partial charge is 0.309 e. The van der Waals surface area contributed by atoms with Crippen molar-refractivity contribution >= 4 is 11.9 Å². The van der Waals surface area contributed by atoms with E-state index in [2.05, 4.69) is 4.90 Å². The van der Waals surface area contributed by atoms with Crippen LogP contribution in [0, 0.1) is 5.41 Å². The molecule has 114 valence electrons. The lowest BCUT2D eigenvalue weighted by atomic mass is 9.89. The molecule has 2 aliphatic rings. The van der Waals surface area contributed by atoms with Gasteiger partial charge in [-0.2, -0.15) is 0 Å². The van der Waals surface area contributed by atoms with Crippen LogP contribution in [0.1, 0.15) is 46.0 Å². The van der Waals surface area contributed by atoms with Crippen LogP contribution in [0.4, 0.5) is 0 Å². The summed E-state index contributed by atoms with van der Waals surface area (Å²) in [6, 6.07) is 0.479. The van der Waals surface area contributed by atoms with E-state index >= 15 is 0 Å². The highest BCUT2D eigenvalue weighted by Crippen LogP contribution is 2.25. The van der Waals surface area contributed by atoms with E-state index in [4.69, 9.17) is 5.11 Å². The van der Waals surface area contributed by atoms with Gasteiger partial charge < -0.3 is 10.0 Å². The van der Waals surface area contributed by atoms with Gasteiger partial charge >= 0.3 is 5.97 Å². The third kappa shape index (κ3) is 3.51. The molecule has 5 heteroatoms. The van der Waals surface area contributed by atoms with Gasteiger partial charge in [0, 0.05) is 25.6 Å². The number of likely N-dealkylation sites (tertiary alicyclic amines) is 2. The number of hydrogen-bond acceptors (Lipinski definition) is 3. The molecule has 2 saturated heterocycles. The van der Waals surface area contributed by atoms with Crippen molar-refractivity contribution in [2.45, 2.75) is 52.0 Å². The lowest BCUT2D eigenvalue weighted by molar-refractivity contribution is -0.151. The molecule has 1 N–H and O–H groups in total. The number of rotatable bonds is 4. The molecule has 0 aliphatic carbocycles. The fourth-order valence-corrected chi connectivity index (χ4v) is 3.12. The Labute approximate surface area is 120 Å². The maximum Gasteiger partial charge on any atom is 0.309 e. The Balaban J connectivity index is 1.85. The maximum absolute atomic E-state index is 12.2. The van der Waals surface area contributed by atoms with Crippen LogP contribution in [0.5, 0.6) is 0 Å². The molecule has 5 nitrogen and oxygen atoms in total. The van der Waals surface area contributed by atoms with Crippen molar-refractivity contribution in [2.24, 2.45) is 5.41 Å². The summed E-state index contributed by atoms with van der Waals surface area (Å²) >= 11 is 0. The van der Waals surface area contributed by atoms with Gasteiger partial charge in [0.15, 0.2) is 0 Å². The molecule has 0 saturated carbocycles. The van der Waals surface area contributed by atoms with E-state index in [1.165, 1.54) is 19.3 Å². The summed E-state index contributed by atoms with van der Waals surface area (Å²) in [4.78, 5) is 27.7. The van der Waals surface area contributed by atoms with Crippen molar-refractivity contribution in [3.05, 3.63) is 0 Å². The van der Waals surface area contributed by atoms with Gasteiger partial charge in [-0.3, -0.25) is 14.5 Å². The van der Waals surface area contributed by atoms with E-state index in [-0.39, 0.29) is 12.3 Å². The number of amides is 1. The van der Waals surface area contributed by atoms with E-state index in [0.717, 1.165) is 32.6 Å². The zero-order valence-corrected chi connectivity index (χ0v) is 12.6. The molecule has 20 heavy (non-hydrogen) atoms. The molecular weight excluding hydrogens is 256 g/mol. The van der Waals surface area contributed by atoms with Crippen molar-refractivity contribution in [1.29, 1.82) is 0 Å². The maximum atomic E-state index is 12.2. The topological polar surface area (TPSA) is 60.9 Å². The summed E-state index contributed by atoms with van der Waals surface area (Å²) in [6.07, 6.45) is 4.96. The van der Waals surface area contributed by atoms with Gasteiger partial charge in [-0.25, -0.2) is 0 Å². The first kappa shape index (κ1) is 15.3. The monoisotopic (exact) mass is 282 g/mol. The van der Waals surface area contributed by atoms with Crippen LogP contribution < -0.4 is 0 Å². The fourth-order valence-electron chi connectivity index (χ4n) is 3.12. The van der Waals surface area contributed by atoms with Crippen molar-refractivity contribution in [3.8, 4) is 0 Å². The van der Waals surface area contributed by atoms with Crippen molar-refractivity contribution in [2.75, 3.05) is 26.2 Å². The molecule has 0 aromatic carbocycles. The Morgan fingerprint density at radius 2 is 1.80 bits per heavy atom. The molecule has 1 unspecified atom stereocenters. The Morgan fingerprint density at radius 1 is 1.15 bits per heavy atom. The number of nitrogens with zero attached hydrogens (tertiary/aromatic N) is 2. The molecule has 0 bridgehead atoms. The van der Waals surface area contributed by atoms with Crippen LogP contribution in [0.3, 0.4) is 0 Å². The molecule has 2 heterocycles. The van der Waals surface area contributed by atoms with Crippen molar-refractivity contribution in [3.63, 3.8) is 0 Å². The van der Waals surface area contributed by atoms with Gasteiger partial charge in [0.05, 0.1) is 5.41 Å². The Bertz CT molecular complexity index is 375. The zero-order valence-electron chi connectivity index (χ0n) is 12.6. The predicted molar refractivity (Wildman–Crippen MR) is 76.4 cm³/mol. The number of piperidine rings is 1. The van der Waals surface area contributed by atoms with Gasteiger partial charge in [0.1, 0.15) is 0 Å². The van der Waals surface area contributed by atoms with E-state index < -0.39 is 11.4 Å². The van der Waals surface area contributed by atoms with E-state index in [0.29, 0.717) is 6.04 Å². The van der Waals surface area contributed by atoms with Crippen molar-refractivity contribution < 1.29 is 14.7 Å². The van der Waals surface area contributed by atoms with Gasteiger partial charge in [-0.05, 0) is 46.2 Å². The van der Waals surface area contributed by atoms with Gasteiger partial charge in [-0.15, -0.1) is 0 Å². The molecular formula is C15H26N2O3. The first-order valence-corrected chi connectivity index (χ1v) is 7.65. The number of carboxylic acid groups (broad SMARTS) is 1. The number of carbonyl (C=O) groups excluding carboxylic acids is 1. The van der Waals surface area contributed by atoms with Crippen LogP contribution in [-0.4, -0.2) is 59.0 Å². The van der Waals surface area contributed by atoms with Crippen LogP contribution in [0.2, 0.25) is 0 Å². The normalized spacial score (nSPS) is 24.9. The van der Waals surface area contributed by atoms with Crippen LogP contribution in [-0.2, 0) is 9.59 Å². The van der Waals surface area contributed by atoms with Crippen LogP contribution >= 0.6 is 0 Å². The summed E-state index contributed by atoms with van der Waals surface area (Å²) in [6.45, 7) is 7.07. The summed E-state index contributed by atoms with van der Waals surface area (Å²) in [5.74, 6) is -0.922. The predicted octanol–water partition coefficient (Wildman–Crippen LogP) is 1.57. The summed E-state index contributed by atoms with van der Waals surface area (Å²) in [5.41, 5.74) is -0.972. The minimum absolute atomic E-state index is 0.0168. The molecule has 2 fully saturated rings. The second kappa shape index (κ2) is 6.12. The average Bonchev–Trinajstić information content (AvgIpc) is 2.88. The fraction of sp³-hybridized carbons (Fsp3) is 0.867. The minimum Gasteiger partial charge on any atom is -0.481 e. The quantitative estimate of drug-likeness (QED) is 0.850. The minimum atomic E-state index is -0.972. The van der Waals surface area contributed by atoms with E-state index in [9.17, 15) is 9.59 Å². The highest BCUT2D eigenvalue weighted by molar-refractivity contribution is 5.84. The summed E-state index contributed by atoms with van der Waals surface area (Å²) in [5, 5.41) is 9.11. The Hall–Kier alpha value is -1.10. The lowest BCUT2D eigenvalue weighted by Gasteiger charge is -2.32. The van der Waals surface area contributed by atoms with Crippen molar-refractivity contribution in [1.82, 2.24) is 9.80 Å². The average molecular weight is 282 g/mol. The molecule has 1 amide bonds. The highest BCUT2D eigenvalue weighted by atomic mass is 16.4. The molecule has 0 aromatic heterocycles. The molecule has 0 radical (unpaired) electrons. The summed E-state index contributed by atoms with van der Waals surface area (Å²) in [7, 11) is 0. The standard InChI is InChI=1S/C15H26N2O3/c1-15(2,14(19)20)10-13(18)17-9-6-12(11-17)16-7-4-3-5-8-16/h12H,3-11H2,1-2H3,(H,19,20). The second-order valence-electron chi connectivity index (χ2n) is 6.74. The van der Waals surface area contributed by atoms with Crippen LogP contribution in [0.15, 0.2) is 0 Å². The number of hydrogen-bond donors (Lipinski definition) is 1. The van der Waals surface area contributed by atoms with Gasteiger partial charge in [0.2, 0.25) is 5.91 Å². The number of aliphatic carboxylic acids is 1. The molecule has 0 aromatic rings. The number of carboxylic acids is 1. The molecule has 1 atom stereocenters. The van der Waals surface area contributed by atoms with Gasteiger partial charge in [0.25, 0.3) is 0 Å². The SMILES string of the molecule is CC(C)(CC(=O)N1CCC(N2CCCCC2)C1)C(=O)O. The third-order valence-corrected chi connectivity index (χ3v) is 4.60. The highest BCUT2D eigenvalue weighted by Gasteiger charge is 2.36. The molecule has 0 spiro atoms.